The molecule has 1 aliphatic carbocycles. The van der Waals surface area contributed by atoms with Gasteiger partial charge in [-0.25, -0.2) is 0 Å². The van der Waals surface area contributed by atoms with E-state index in [-0.39, 0.29) is 34.2 Å². The van der Waals surface area contributed by atoms with Gasteiger partial charge < -0.3 is 14.3 Å². The number of carbonyl (C=O) groups is 1. The topological polar surface area (TPSA) is 55.8 Å². The van der Waals surface area contributed by atoms with Crippen molar-refractivity contribution in [3.63, 3.8) is 0 Å². The lowest BCUT2D eigenvalue weighted by atomic mass is 9.87. The molecule has 0 spiro atoms. The smallest absolute Gasteiger partial charge is 0.305 e. The van der Waals surface area contributed by atoms with Gasteiger partial charge in [0.05, 0.1) is 18.8 Å². The maximum atomic E-state index is 12.0. The molecule has 1 fully saturated rings. The highest BCUT2D eigenvalue weighted by Crippen LogP contribution is 2.48. The lowest BCUT2D eigenvalue weighted by molar-refractivity contribution is -0.143. The number of aliphatic hydroxyl groups is 1. The van der Waals surface area contributed by atoms with E-state index >= 15 is 0 Å². The second-order valence-corrected chi connectivity index (χ2v) is 20.1. The van der Waals surface area contributed by atoms with Crippen LogP contribution in [0.2, 0.25) is 5.04 Å². The molecular weight excluding hydrogens is 653 g/mol. The molecule has 270 valence electrons. The van der Waals surface area contributed by atoms with Gasteiger partial charge in [-0.15, -0.1) is 11.8 Å². The maximum absolute atomic E-state index is 12.0. The SMILES string of the molecule is CCCCC/C=C\C[C@@H]1[C@H]([C@@H](/C=C\CCCC(=O)OCC)Sc2ccccc2)[C@@H](O[Si](c2ccccc2)(c2ccccc2)C(C)(C)C)C[C@@H]1O. The third-order valence-corrected chi connectivity index (χ3v) is 16.3. The predicted octanol–water partition coefficient (Wildman–Crippen LogP) is 9.91. The molecular formula is C44H60O4SSi. The van der Waals surface area contributed by atoms with Crippen LogP contribution in [0.25, 0.3) is 0 Å². The Kier molecular flexibility index (Phi) is 16.1. The van der Waals surface area contributed by atoms with Crippen LogP contribution in [0.1, 0.15) is 92.4 Å². The van der Waals surface area contributed by atoms with Gasteiger partial charge in [0.25, 0.3) is 8.32 Å². The average Bonchev–Trinajstić information content (AvgIpc) is 3.42. The summed E-state index contributed by atoms with van der Waals surface area (Å²) >= 11 is 1.87. The first kappa shape index (κ1) is 39.9. The van der Waals surface area contributed by atoms with Crippen LogP contribution in [0.4, 0.5) is 0 Å². The van der Waals surface area contributed by atoms with Crippen LogP contribution in [0.5, 0.6) is 0 Å². The van der Waals surface area contributed by atoms with Crippen molar-refractivity contribution in [2.45, 2.75) is 120 Å². The molecule has 0 aromatic heterocycles. The fraction of sp³-hybridized carbons (Fsp3) is 0.477. The summed E-state index contributed by atoms with van der Waals surface area (Å²) in [6, 6.07) is 32.3. The Bertz CT molecular complexity index is 1410. The number of aliphatic hydroxyl groups excluding tert-OH is 1. The molecule has 6 heteroatoms. The number of thioether (sulfide) groups is 1. The van der Waals surface area contributed by atoms with E-state index in [0.29, 0.717) is 19.4 Å². The van der Waals surface area contributed by atoms with Crippen molar-refractivity contribution in [1.82, 2.24) is 0 Å². The van der Waals surface area contributed by atoms with Crippen LogP contribution in [0.3, 0.4) is 0 Å². The maximum Gasteiger partial charge on any atom is 0.305 e. The Hall–Kier alpha value is -2.90. The van der Waals surface area contributed by atoms with Crippen LogP contribution in [0, 0.1) is 11.8 Å². The van der Waals surface area contributed by atoms with Crippen LogP contribution in [0.15, 0.2) is 120 Å². The first-order valence-corrected chi connectivity index (χ1v) is 21.7. The van der Waals surface area contributed by atoms with Crippen molar-refractivity contribution >= 4 is 36.4 Å². The fourth-order valence-electron chi connectivity index (χ4n) is 7.53. The number of rotatable bonds is 19. The lowest BCUT2D eigenvalue weighted by Gasteiger charge is -2.46. The molecule has 3 aromatic rings. The minimum Gasteiger partial charge on any atom is -0.466 e. The normalized spacial score (nSPS) is 20.4. The van der Waals surface area contributed by atoms with Crippen LogP contribution >= 0.6 is 11.8 Å². The summed E-state index contributed by atoms with van der Waals surface area (Å²) in [5.41, 5.74) is 0. The number of benzene rings is 3. The van der Waals surface area contributed by atoms with Crippen LogP contribution in [-0.2, 0) is 14.0 Å². The zero-order chi connectivity index (χ0) is 35.8. The molecule has 1 N–H and O–H groups in total. The molecule has 0 amide bonds. The molecule has 0 radical (unpaired) electrons. The van der Waals surface area contributed by atoms with E-state index in [1.807, 2.05) is 18.7 Å². The Labute approximate surface area is 307 Å². The minimum atomic E-state index is -2.88. The number of ether oxygens (including phenoxy) is 1. The molecule has 3 aromatic carbocycles. The van der Waals surface area contributed by atoms with E-state index in [0.717, 1.165) is 25.7 Å². The van der Waals surface area contributed by atoms with Gasteiger partial charge in [-0.1, -0.05) is 144 Å². The summed E-state index contributed by atoms with van der Waals surface area (Å²) in [5.74, 6) is -0.0240. The summed E-state index contributed by atoms with van der Waals surface area (Å²) in [6.45, 7) is 11.5. The van der Waals surface area contributed by atoms with Gasteiger partial charge >= 0.3 is 5.97 Å². The second-order valence-electron chi connectivity index (χ2n) is 14.6. The molecule has 4 rings (SSSR count). The first-order valence-electron chi connectivity index (χ1n) is 18.9. The van der Waals surface area contributed by atoms with Gasteiger partial charge in [0.2, 0.25) is 0 Å². The molecule has 0 saturated heterocycles. The highest BCUT2D eigenvalue weighted by atomic mass is 32.2. The van der Waals surface area contributed by atoms with Gasteiger partial charge in [-0.3, -0.25) is 4.79 Å². The predicted molar refractivity (Wildman–Crippen MR) is 214 cm³/mol. The van der Waals surface area contributed by atoms with E-state index in [4.69, 9.17) is 9.16 Å². The Morgan fingerprint density at radius 3 is 2.04 bits per heavy atom. The molecule has 1 aliphatic rings. The molecule has 0 aliphatic heterocycles. The van der Waals surface area contributed by atoms with Crippen LogP contribution < -0.4 is 10.4 Å². The number of carbonyl (C=O) groups excluding carboxylic acids is 1. The highest BCUT2D eigenvalue weighted by Gasteiger charge is 2.55. The van der Waals surface area contributed by atoms with Crippen molar-refractivity contribution in [3.8, 4) is 0 Å². The summed E-state index contributed by atoms with van der Waals surface area (Å²) in [6.07, 6.45) is 16.7. The van der Waals surface area contributed by atoms with Gasteiger partial charge in [0, 0.05) is 22.5 Å². The summed E-state index contributed by atoms with van der Waals surface area (Å²) in [4.78, 5) is 13.2. The molecule has 0 bridgehead atoms. The first-order chi connectivity index (χ1) is 24.2. The van der Waals surface area contributed by atoms with Crippen molar-refractivity contribution in [1.29, 1.82) is 0 Å². The molecule has 0 unspecified atom stereocenters. The summed E-state index contributed by atoms with van der Waals surface area (Å²) in [7, 11) is -2.88. The largest absolute Gasteiger partial charge is 0.466 e. The number of hydrogen-bond donors (Lipinski definition) is 1. The number of unbranched alkanes of at least 4 members (excludes halogenated alkanes) is 4. The zero-order valence-electron chi connectivity index (χ0n) is 31.0. The molecule has 5 atom stereocenters. The van der Waals surface area contributed by atoms with Crippen molar-refractivity contribution in [2.75, 3.05) is 6.61 Å². The average molecular weight is 713 g/mol. The summed E-state index contributed by atoms with van der Waals surface area (Å²) in [5, 5.41) is 14.4. The Balaban J connectivity index is 1.77. The number of esters is 1. The molecule has 4 nitrogen and oxygen atoms in total. The van der Waals surface area contributed by atoms with Gasteiger partial charge in [0.15, 0.2) is 0 Å². The monoisotopic (exact) mass is 712 g/mol. The van der Waals surface area contributed by atoms with Crippen molar-refractivity contribution in [2.24, 2.45) is 11.8 Å². The minimum absolute atomic E-state index is 0.0473. The standard InChI is InChI=1S/C44H60O4SSi/c1-6-8-9-10-11-22-31-38-39(45)34-40(48-50(44(3,4)5,36-27-18-13-19-28-36)37-29-20-14-21-30-37)43(38)41(49-35-25-16-12-17-26-35)32-23-15-24-33-42(46)47-7-2/h11-14,16-23,25-30,32,38-41,43,45H,6-10,15,24,31,33-34H2,1-5H3/b22-11-,32-23-/t38-,39-,40-,41+,43-/m0/s1. The Morgan fingerprint density at radius 2 is 1.46 bits per heavy atom. The van der Waals surface area contributed by atoms with Gasteiger partial charge in [-0.2, -0.15) is 0 Å². The fourth-order valence-corrected chi connectivity index (χ4v) is 13.6. The molecule has 50 heavy (non-hydrogen) atoms. The number of hydrogen-bond acceptors (Lipinski definition) is 5. The third kappa shape index (κ3) is 10.8. The molecule has 1 saturated carbocycles. The quantitative estimate of drug-likeness (QED) is 0.0441. The zero-order valence-corrected chi connectivity index (χ0v) is 32.8. The third-order valence-electron chi connectivity index (χ3n) is 9.96. The lowest BCUT2D eigenvalue weighted by Crippen LogP contribution is -2.68. The van der Waals surface area contributed by atoms with Crippen LogP contribution in [-0.4, -0.2) is 43.5 Å². The van der Waals surface area contributed by atoms with E-state index in [1.54, 1.807) is 0 Å². The number of allylic oxidation sites excluding steroid dienone is 3. The highest BCUT2D eigenvalue weighted by molar-refractivity contribution is 8.00. The second kappa shape index (κ2) is 20.2. The Morgan fingerprint density at radius 1 is 0.860 bits per heavy atom. The van der Waals surface area contributed by atoms with E-state index in [1.165, 1.54) is 34.5 Å². The van der Waals surface area contributed by atoms with E-state index in [9.17, 15) is 9.90 Å². The van der Waals surface area contributed by atoms with Gasteiger partial charge in [-0.05, 0) is 78.9 Å². The van der Waals surface area contributed by atoms with Crippen molar-refractivity contribution in [3.05, 3.63) is 115 Å². The van der Waals surface area contributed by atoms with E-state index < -0.39 is 14.4 Å². The van der Waals surface area contributed by atoms with Crippen molar-refractivity contribution < 1.29 is 19.1 Å². The van der Waals surface area contributed by atoms with Gasteiger partial charge in [0.1, 0.15) is 0 Å². The molecule has 0 heterocycles. The van der Waals surface area contributed by atoms with E-state index in [2.05, 4.69) is 143 Å². The summed E-state index contributed by atoms with van der Waals surface area (Å²) < 4.78 is 13.0.